The highest BCUT2D eigenvalue weighted by atomic mass is 16.6. The van der Waals surface area contributed by atoms with Gasteiger partial charge < -0.3 is 15.4 Å². The molecule has 32 heavy (non-hydrogen) atoms. The second kappa shape index (κ2) is 10.7. The van der Waals surface area contributed by atoms with Gasteiger partial charge in [-0.25, -0.2) is 9.48 Å². The monoisotopic (exact) mass is 437 g/mol. The Bertz CT molecular complexity index is 1080. The van der Waals surface area contributed by atoms with Crippen LogP contribution in [0.2, 0.25) is 0 Å². The summed E-state index contributed by atoms with van der Waals surface area (Å²) >= 11 is 0. The average molecular weight is 437 g/mol. The van der Waals surface area contributed by atoms with Crippen molar-refractivity contribution in [2.24, 2.45) is 0 Å². The lowest BCUT2D eigenvalue weighted by Gasteiger charge is -2.07. The quantitative estimate of drug-likeness (QED) is 0.301. The first-order chi connectivity index (χ1) is 15.5. The fourth-order valence-corrected chi connectivity index (χ4v) is 3.02. The van der Waals surface area contributed by atoms with E-state index in [1.807, 2.05) is 30.3 Å². The first kappa shape index (κ1) is 22.5. The molecule has 0 fully saturated rings. The maximum Gasteiger partial charge on any atom is 0.407 e. The number of ether oxygens (including phenoxy) is 1. The van der Waals surface area contributed by atoms with Crippen LogP contribution in [-0.4, -0.2) is 46.4 Å². The molecule has 0 aliphatic rings. The summed E-state index contributed by atoms with van der Waals surface area (Å²) < 4.78 is 6.43. The molecular formula is C22H23N5O5. The number of rotatable bonds is 9. The Morgan fingerprint density at radius 3 is 2.41 bits per heavy atom. The van der Waals surface area contributed by atoms with Crippen LogP contribution >= 0.6 is 0 Å². The van der Waals surface area contributed by atoms with Crippen molar-refractivity contribution in [1.82, 2.24) is 20.4 Å². The van der Waals surface area contributed by atoms with Gasteiger partial charge >= 0.3 is 6.09 Å². The zero-order valence-corrected chi connectivity index (χ0v) is 17.5. The van der Waals surface area contributed by atoms with Crippen LogP contribution in [0.5, 0.6) is 0 Å². The highest BCUT2D eigenvalue weighted by Crippen LogP contribution is 2.26. The van der Waals surface area contributed by atoms with E-state index in [-0.39, 0.29) is 37.7 Å². The summed E-state index contributed by atoms with van der Waals surface area (Å²) in [5, 5.41) is 20.8. The number of alkyl carbamates (subject to hydrolysis) is 1. The summed E-state index contributed by atoms with van der Waals surface area (Å²) in [6.07, 6.45) is 1.28. The highest BCUT2D eigenvalue weighted by molar-refractivity contribution is 5.81. The number of nitro groups is 1. The maximum atomic E-state index is 12.5. The van der Waals surface area contributed by atoms with Crippen LogP contribution in [0.1, 0.15) is 12.5 Å². The predicted octanol–water partition coefficient (Wildman–Crippen LogP) is 2.85. The van der Waals surface area contributed by atoms with E-state index in [1.165, 1.54) is 12.1 Å². The number of hydrogen-bond donors (Lipinski definition) is 2. The van der Waals surface area contributed by atoms with Crippen LogP contribution in [0.15, 0.2) is 60.8 Å². The number of nitrogens with zero attached hydrogens (tertiary/aromatic N) is 3. The highest BCUT2D eigenvalue weighted by Gasteiger charge is 2.16. The van der Waals surface area contributed by atoms with Gasteiger partial charge in [-0.15, -0.1) is 0 Å². The van der Waals surface area contributed by atoms with E-state index < -0.39 is 11.0 Å². The Kier molecular flexibility index (Phi) is 7.52. The Morgan fingerprint density at radius 2 is 1.75 bits per heavy atom. The van der Waals surface area contributed by atoms with Crippen molar-refractivity contribution >= 4 is 17.7 Å². The summed E-state index contributed by atoms with van der Waals surface area (Å²) in [5.41, 5.74) is 2.68. The number of carbonyl (C=O) groups is 2. The van der Waals surface area contributed by atoms with Gasteiger partial charge in [0, 0.05) is 42.5 Å². The minimum absolute atomic E-state index is 0.0235. The Morgan fingerprint density at radius 1 is 1.06 bits per heavy atom. The molecule has 1 heterocycles. The standard InChI is InChI=1S/C22H23N5O5/c1-2-32-22(29)24-13-12-23-20(28)14-17-15-26(18-6-4-3-5-7-18)25-21(17)16-8-10-19(11-9-16)27(30)31/h3-11,15H,2,12-14H2,1H3,(H,23,28)(H,24,29). The number of non-ortho nitro benzene ring substituents is 1. The van der Waals surface area contributed by atoms with Gasteiger partial charge in [0.05, 0.1) is 29.3 Å². The summed E-state index contributed by atoms with van der Waals surface area (Å²) in [7, 11) is 0. The van der Waals surface area contributed by atoms with E-state index in [0.29, 0.717) is 16.8 Å². The number of benzene rings is 2. The van der Waals surface area contributed by atoms with Crippen molar-refractivity contribution in [3.8, 4) is 16.9 Å². The SMILES string of the molecule is CCOC(=O)NCCNC(=O)Cc1cn(-c2ccccc2)nc1-c1ccc([N+](=O)[O-])cc1. The molecule has 1 aromatic heterocycles. The van der Waals surface area contributed by atoms with Gasteiger partial charge in [0.15, 0.2) is 0 Å². The minimum atomic E-state index is -0.536. The molecule has 10 nitrogen and oxygen atoms in total. The normalized spacial score (nSPS) is 10.4. The molecule has 2 amide bonds. The summed E-state index contributed by atoms with van der Waals surface area (Å²) in [6.45, 7) is 2.47. The second-order valence-corrected chi connectivity index (χ2v) is 6.76. The number of carbonyl (C=O) groups excluding carboxylic acids is 2. The van der Waals surface area contributed by atoms with E-state index in [2.05, 4.69) is 15.7 Å². The van der Waals surface area contributed by atoms with Gasteiger partial charge in [-0.2, -0.15) is 5.10 Å². The molecule has 0 bridgehead atoms. The first-order valence-electron chi connectivity index (χ1n) is 10.0. The third-order valence-corrected chi connectivity index (χ3v) is 4.51. The number of nitro benzene ring substituents is 1. The molecule has 0 saturated heterocycles. The molecule has 0 aliphatic heterocycles. The van der Waals surface area contributed by atoms with Gasteiger partial charge in [0.1, 0.15) is 0 Å². The summed E-state index contributed by atoms with van der Waals surface area (Å²) in [5.74, 6) is -0.244. The molecule has 2 N–H and O–H groups in total. The minimum Gasteiger partial charge on any atom is -0.450 e. The molecule has 0 saturated carbocycles. The van der Waals surface area contributed by atoms with Crippen LogP contribution in [-0.2, 0) is 16.0 Å². The largest absolute Gasteiger partial charge is 0.450 e. The van der Waals surface area contributed by atoms with Gasteiger partial charge in [-0.05, 0) is 31.2 Å². The molecule has 0 unspecified atom stereocenters. The van der Waals surface area contributed by atoms with E-state index in [1.54, 1.807) is 29.9 Å². The molecule has 0 radical (unpaired) electrons. The topological polar surface area (TPSA) is 128 Å². The van der Waals surface area contributed by atoms with Crippen molar-refractivity contribution in [2.75, 3.05) is 19.7 Å². The number of para-hydroxylation sites is 1. The molecule has 2 aromatic carbocycles. The van der Waals surface area contributed by atoms with Crippen molar-refractivity contribution in [1.29, 1.82) is 0 Å². The van der Waals surface area contributed by atoms with Crippen LogP contribution in [0.4, 0.5) is 10.5 Å². The summed E-state index contributed by atoms with van der Waals surface area (Å²) in [6, 6.07) is 15.5. The lowest BCUT2D eigenvalue weighted by atomic mass is 10.1. The van der Waals surface area contributed by atoms with Crippen molar-refractivity contribution < 1.29 is 19.2 Å². The van der Waals surface area contributed by atoms with Crippen LogP contribution in [0, 0.1) is 10.1 Å². The molecule has 0 spiro atoms. The van der Waals surface area contributed by atoms with Gasteiger partial charge in [0.25, 0.3) is 5.69 Å². The number of aromatic nitrogens is 2. The van der Waals surface area contributed by atoms with Crippen LogP contribution < -0.4 is 10.6 Å². The average Bonchev–Trinajstić information content (AvgIpc) is 3.21. The van der Waals surface area contributed by atoms with Crippen molar-refractivity contribution in [3.05, 3.63) is 76.5 Å². The van der Waals surface area contributed by atoms with E-state index in [4.69, 9.17) is 4.74 Å². The Labute approximate surface area is 184 Å². The fourth-order valence-electron chi connectivity index (χ4n) is 3.02. The Hall–Kier alpha value is -4.21. The number of hydrogen-bond acceptors (Lipinski definition) is 6. The number of amides is 2. The van der Waals surface area contributed by atoms with E-state index in [0.717, 1.165) is 5.69 Å². The molecular weight excluding hydrogens is 414 g/mol. The molecule has 166 valence electrons. The molecule has 10 heteroatoms. The van der Waals surface area contributed by atoms with Gasteiger partial charge in [0.2, 0.25) is 5.91 Å². The molecule has 3 aromatic rings. The Balaban J connectivity index is 1.76. The molecule has 0 aliphatic carbocycles. The lowest BCUT2D eigenvalue weighted by molar-refractivity contribution is -0.384. The van der Waals surface area contributed by atoms with Crippen molar-refractivity contribution in [2.45, 2.75) is 13.3 Å². The molecule has 3 rings (SSSR count). The zero-order valence-electron chi connectivity index (χ0n) is 17.5. The lowest BCUT2D eigenvalue weighted by Crippen LogP contribution is -2.35. The fraction of sp³-hybridized carbons (Fsp3) is 0.227. The van der Waals surface area contributed by atoms with Crippen LogP contribution in [0.3, 0.4) is 0 Å². The van der Waals surface area contributed by atoms with Crippen LogP contribution in [0.25, 0.3) is 16.9 Å². The van der Waals surface area contributed by atoms with E-state index in [9.17, 15) is 19.7 Å². The number of nitrogens with one attached hydrogen (secondary N) is 2. The zero-order chi connectivity index (χ0) is 22.9. The van der Waals surface area contributed by atoms with Gasteiger partial charge in [-0.1, -0.05) is 18.2 Å². The first-order valence-corrected chi connectivity index (χ1v) is 10.0. The van der Waals surface area contributed by atoms with Crippen molar-refractivity contribution in [3.63, 3.8) is 0 Å². The summed E-state index contributed by atoms with van der Waals surface area (Å²) in [4.78, 5) is 34.2. The van der Waals surface area contributed by atoms with Gasteiger partial charge in [-0.3, -0.25) is 14.9 Å². The smallest absolute Gasteiger partial charge is 0.407 e. The predicted molar refractivity (Wildman–Crippen MR) is 117 cm³/mol. The third-order valence-electron chi connectivity index (χ3n) is 4.51. The maximum absolute atomic E-state index is 12.5. The van der Waals surface area contributed by atoms with E-state index >= 15 is 0 Å². The second-order valence-electron chi connectivity index (χ2n) is 6.76. The molecule has 0 atom stereocenters. The third kappa shape index (κ3) is 5.91.